The fourth-order valence-electron chi connectivity index (χ4n) is 7.93. The van der Waals surface area contributed by atoms with Crippen molar-refractivity contribution in [2.75, 3.05) is 0 Å². The van der Waals surface area contributed by atoms with Crippen LogP contribution >= 0.6 is 11.3 Å². The van der Waals surface area contributed by atoms with Gasteiger partial charge in [-0.25, -0.2) is 0 Å². The van der Waals surface area contributed by atoms with Gasteiger partial charge >= 0.3 is 0 Å². The van der Waals surface area contributed by atoms with Gasteiger partial charge in [-0.3, -0.25) is 0 Å². The van der Waals surface area contributed by atoms with E-state index in [4.69, 9.17) is 149 Å². The molecule has 0 spiro atoms. The summed E-state index contributed by atoms with van der Waals surface area (Å²) in [5, 5.41) is 2.43. The summed E-state index contributed by atoms with van der Waals surface area (Å²) in [5.41, 5.74) is 4.11. The number of hydrogen-bond acceptors (Lipinski definition) is 1. The van der Waals surface area contributed by atoms with Crippen LogP contribution in [0, 0.1) is 0 Å². The molecule has 0 aliphatic carbocycles. The molecular formula is C38H5B19S. The lowest BCUT2D eigenvalue weighted by molar-refractivity contribution is 1.67. The zero-order valence-corrected chi connectivity index (χ0v) is 31.6. The summed E-state index contributed by atoms with van der Waals surface area (Å²) in [6.45, 7) is 0. The molecule has 0 amide bonds. The second-order valence-corrected chi connectivity index (χ2v) is 15.2. The molecule has 220 valence electrons. The number of fused-ring (bicyclic) bond motifs is 5. The summed E-state index contributed by atoms with van der Waals surface area (Å²) in [4.78, 5) is 0. The van der Waals surface area contributed by atoms with Gasteiger partial charge in [0.25, 0.3) is 0 Å². The van der Waals surface area contributed by atoms with Crippen molar-refractivity contribution in [1.82, 2.24) is 0 Å². The van der Waals surface area contributed by atoms with Crippen LogP contribution in [0.1, 0.15) is 0 Å². The van der Waals surface area contributed by atoms with Crippen LogP contribution in [-0.4, -0.2) is 149 Å². The molecule has 0 N–H and O–H groups in total. The first-order chi connectivity index (χ1) is 27.2. The monoisotopic (exact) mass is 702 g/mol. The zero-order chi connectivity index (χ0) is 42.3. The van der Waals surface area contributed by atoms with Gasteiger partial charge in [-0.15, -0.1) is 60.5 Å². The van der Waals surface area contributed by atoms with E-state index in [-0.39, 0.29) is 109 Å². The van der Waals surface area contributed by atoms with Crippen molar-refractivity contribution in [2.24, 2.45) is 0 Å². The molecular weight excluding hydrogens is 694 g/mol. The van der Waals surface area contributed by atoms with E-state index in [1.54, 1.807) is 0 Å². The lowest BCUT2D eigenvalue weighted by Crippen LogP contribution is -2.55. The standard InChI is InChI=1S/C38H5B19S/c39-18-8(5-9-11-19(40)26(47)34(55)36(57)38(11)58-37(9)35(18)56)6-1-3-7(4-2-6)10-13-15(22(43)29(50)27(48)20(13)41)12(16-14(10)21(42)28(49)30(51)23(16)44)17-24(45)31(52)33(54)32(53)25(17)46/h1-5H. The largest absolute Gasteiger partial charge is 0.137 e. The minimum absolute atomic E-state index is 0.00208. The van der Waals surface area contributed by atoms with E-state index < -0.39 is 0 Å². The predicted octanol–water partition coefficient (Wildman–Crippen LogP) is -11.6. The summed E-state index contributed by atoms with van der Waals surface area (Å²) >= 11 is 1.32. The van der Waals surface area contributed by atoms with Crippen molar-refractivity contribution in [1.29, 1.82) is 0 Å². The molecule has 58 heavy (non-hydrogen) atoms. The first-order valence-electron chi connectivity index (χ1n) is 17.3. The maximum atomic E-state index is 6.88. The number of hydrogen-bond donors (Lipinski definition) is 0. The highest BCUT2D eigenvalue weighted by Gasteiger charge is 2.27. The van der Waals surface area contributed by atoms with E-state index in [1.165, 1.54) is 11.3 Å². The molecule has 8 rings (SSSR count). The summed E-state index contributed by atoms with van der Waals surface area (Å²) in [6, 6.07) is 9.16. The van der Waals surface area contributed by atoms with E-state index in [2.05, 4.69) is 0 Å². The van der Waals surface area contributed by atoms with Crippen LogP contribution in [0.3, 0.4) is 0 Å². The second kappa shape index (κ2) is 14.3. The summed E-state index contributed by atoms with van der Waals surface area (Å²) in [6.07, 6.45) is 0. The smallest absolute Gasteiger partial charge is 0.115 e. The highest BCUT2D eigenvalue weighted by atomic mass is 32.1. The normalized spacial score (nSPS) is 11.7. The highest BCUT2D eigenvalue weighted by molar-refractivity contribution is 7.28. The lowest BCUT2D eigenvalue weighted by atomic mass is 9.56. The van der Waals surface area contributed by atoms with Crippen LogP contribution in [0.25, 0.3) is 75.1 Å². The number of thiophene rings is 1. The maximum Gasteiger partial charge on any atom is 0.115 e. The van der Waals surface area contributed by atoms with Crippen molar-refractivity contribution in [3.8, 4) is 33.4 Å². The molecule has 0 nitrogen and oxygen atoms in total. The third-order valence-corrected chi connectivity index (χ3v) is 12.5. The van der Waals surface area contributed by atoms with Crippen LogP contribution in [0.5, 0.6) is 0 Å². The van der Waals surface area contributed by atoms with E-state index in [0.717, 1.165) is 0 Å². The Labute approximate surface area is 367 Å². The summed E-state index contributed by atoms with van der Waals surface area (Å²) in [7, 11) is 125. The minimum atomic E-state index is -0.0418. The Balaban J connectivity index is 1.50. The van der Waals surface area contributed by atoms with Gasteiger partial charge in [0, 0.05) is 9.40 Å². The molecule has 1 aromatic heterocycles. The topological polar surface area (TPSA) is 0 Å². The summed E-state index contributed by atoms with van der Waals surface area (Å²) < 4.78 is 1.32. The molecule has 0 saturated heterocycles. The van der Waals surface area contributed by atoms with E-state index >= 15 is 0 Å². The lowest BCUT2D eigenvalue weighted by Gasteiger charge is -2.31. The van der Waals surface area contributed by atoms with Crippen LogP contribution < -0.4 is 104 Å². The van der Waals surface area contributed by atoms with Gasteiger partial charge in [0.2, 0.25) is 0 Å². The van der Waals surface area contributed by atoms with Crippen molar-refractivity contribution in [3.63, 3.8) is 0 Å². The molecule has 0 bridgehead atoms. The fourth-order valence-corrected chi connectivity index (χ4v) is 9.17. The Bertz CT molecular complexity index is 3100. The Hall–Kier alpha value is -3.49. The van der Waals surface area contributed by atoms with Crippen LogP contribution in [0.4, 0.5) is 0 Å². The van der Waals surface area contributed by atoms with E-state index in [9.17, 15) is 0 Å². The van der Waals surface area contributed by atoms with Crippen LogP contribution in [-0.2, 0) is 0 Å². The first-order valence-corrected chi connectivity index (χ1v) is 18.1. The van der Waals surface area contributed by atoms with Gasteiger partial charge in [-0.05, 0) is 71.8 Å². The van der Waals surface area contributed by atoms with Gasteiger partial charge in [0.15, 0.2) is 0 Å². The Morgan fingerprint density at radius 1 is 0.259 bits per heavy atom. The van der Waals surface area contributed by atoms with Crippen molar-refractivity contribution >= 4 is 306 Å². The molecule has 38 radical (unpaired) electrons. The third kappa shape index (κ3) is 5.55. The molecule has 1 heterocycles. The quantitative estimate of drug-likeness (QED) is 0.127. The van der Waals surface area contributed by atoms with Gasteiger partial charge < -0.3 is 0 Å². The fraction of sp³-hybridized carbons (Fsp3) is 0. The Morgan fingerprint density at radius 2 is 0.586 bits per heavy atom. The molecule has 0 aliphatic rings. The molecule has 20 heteroatoms. The molecule has 7 aromatic carbocycles. The highest BCUT2D eigenvalue weighted by Crippen LogP contribution is 2.40. The Kier molecular flexibility index (Phi) is 10.2. The molecule has 8 aromatic rings. The van der Waals surface area contributed by atoms with Crippen LogP contribution in [0.15, 0.2) is 30.3 Å². The Morgan fingerprint density at radius 3 is 1.03 bits per heavy atom. The van der Waals surface area contributed by atoms with Crippen LogP contribution in [0.2, 0.25) is 0 Å². The predicted molar refractivity (Wildman–Crippen MR) is 273 cm³/mol. The second-order valence-electron chi connectivity index (χ2n) is 14.2. The first kappa shape index (κ1) is 41.3. The average Bonchev–Trinajstić information content (AvgIpc) is 3.61. The van der Waals surface area contributed by atoms with E-state index in [0.29, 0.717) is 69.6 Å². The zero-order valence-electron chi connectivity index (χ0n) is 30.8. The van der Waals surface area contributed by atoms with Gasteiger partial charge in [0.1, 0.15) is 149 Å². The van der Waals surface area contributed by atoms with Gasteiger partial charge in [0.05, 0.1) is 0 Å². The van der Waals surface area contributed by atoms with Crippen molar-refractivity contribution in [2.45, 2.75) is 0 Å². The minimum Gasteiger partial charge on any atom is -0.137 e. The third-order valence-electron chi connectivity index (χ3n) is 11.2. The SMILES string of the molecule is [B]c1c([B])c([B])c(-c2c3c([B])c([B])c([B])c([B])c3c(-c3ccc(-c4cc5c(sc6c([B])c([B])c([B])c([B])c65)c([B])c4[B])cc3)c3c([B])c([B])c([B])c([B])c23)c([B])c1[B]. The molecule has 0 aliphatic heterocycles. The summed E-state index contributed by atoms with van der Waals surface area (Å²) in [5.74, 6) is 0. The molecule has 0 atom stereocenters. The molecule has 0 saturated carbocycles. The van der Waals surface area contributed by atoms with Gasteiger partial charge in [-0.2, -0.15) is 0 Å². The average molecular weight is 699 g/mol. The molecule has 0 fully saturated rings. The van der Waals surface area contributed by atoms with Gasteiger partial charge in [-0.1, -0.05) is 78.9 Å². The number of rotatable bonds is 3. The van der Waals surface area contributed by atoms with Crippen molar-refractivity contribution < 1.29 is 0 Å². The maximum absolute atomic E-state index is 6.88. The van der Waals surface area contributed by atoms with Crippen molar-refractivity contribution in [3.05, 3.63) is 30.3 Å². The number of benzene rings is 7. The van der Waals surface area contributed by atoms with E-state index in [1.807, 2.05) is 30.3 Å². The molecule has 0 unspecified atom stereocenters.